The van der Waals surface area contributed by atoms with Crippen LogP contribution >= 0.6 is 34.5 Å². The first-order valence-electron chi connectivity index (χ1n) is 12.4. The minimum atomic E-state index is -0.113. The zero-order chi connectivity index (χ0) is 26.8. The van der Waals surface area contributed by atoms with Gasteiger partial charge in [0, 0.05) is 32.6 Å². The number of thiophene rings is 1. The van der Waals surface area contributed by atoms with Crippen LogP contribution in [0.15, 0.2) is 72.8 Å². The van der Waals surface area contributed by atoms with E-state index in [0.29, 0.717) is 21.5 Å². The second-order valence-electron chi connectivity index (χ2n) is 9.08. The Morgan fingerprint density at radius 3 is 2.45 bits per heavy atom. The predicted octanol–water partition coefficient (Wildman–Crippen LogP) is 8.50. The van der Waals surface area contributed by atoms with Gasteiger partial charge in [0.05, 0.1) is 29.4 Å². The predicted molar refractivity (Wildman–Crippen MR) is 158 cm³/mol. The molecule has 5 nitrogen and oxygen atoms in total. The van der Waals surface area contributed by atoms with Gasteiger partial charge in [0.25, 0.3) is 5.91 Å². The lowest BCUT2D eigenvalue weighted by Gasteiger charge is -2.15. The zero-order valence-corrected chi connectivity index (χ0v) is 23.6. The van der Waals surface area contributed by atoms with E-state index in [-0.39, 0.29) is 11.9 Å². The van der Waals surface area contributed by atoms with E-state index in [2.05, 4.69) is 42.6 Å². The molecule has 2 aromatic heterocycles. The highest BCUT2D eigenvalue weighted by molar-refractivity contribution is 7.14. The van der Waals surface area contributed by atoms with Crippen LogP contribution in [0, 0.1) is 0 Å². The van der Waals surface area contributed by atoms with Gasteiger partial charge in [0.1, 0.15) is 5.75 Å². The number of aromatic nitrogens is 2. The standard InChI is InChI=1S/C30H27Cl2N3O2S/c1-4-11-33-30(36)29-10-9-28(38-29)18(2)35-27(17-26(34-35)22-13-23(31)16-24(32)14-22)21-6-5-20-15-25(37-3)8-7-19(20)12-21/h5-10,12-18H,4,11H2,1-3H3,(H,33,36). The molecule has 5 aromatic rings. The first-order chi connectivity index (χ1) is 18.4. The number of rotatable bonds is 8. The van der Waals surface area contributed by atoms with Crippen LogP contribution in [0.4, 0.5) is 0 Å². The third-order valence-corrected chi connectivity index (χ3v) is 8.09. The summed E-state index contributed by atoms with van der Waals surface area (Å²) < 4.78 is 7.39. The van der Waals surface area contributed by atoms with Crippen molar-refractivity contribution in [3.05, 3.63) is 92.6 Å². The summed E-state index contributed by atoms with van der Waals surface area (Å²) in [5, 5.41) is 11.3. The third kappa shape index (κ3) is 5.44. The van der Waals surface area contributed by atoms with Crippen molar-refractivity contribution in [2.45, 2.75) is 26.3 Å². The number of hydrogen-bond donors (Lipinski definition) is 1. The first-order valence-corrected chi connectivity index (χ1v) is 14.0. The Bertz CT molecular complexity index is 1610. The van der Waals surface area contributed by atoms with E-state index in [1.807, 2.05) is 48.0 Å². The van der Waals surface area contributed by atoms with Gasteiger partial charge in [0.15, 0.2) is 0 Å². The Hall–Kier alpha value is -3.32. The molecule has 8 heteroatoms. The molecule has 0 saturated heterocycles. The number of halogens is 2. The second kappa shape index (κ2) is 11.2. The molecule has 0 radical (unpaired) electrons. The lowest BCUT2D eigenvalue weighted by Crippen LogP contribution is -2.22. The highest BCUT2D eigenvalue weighted by Gasteiger charge is 2.21. The molecule has 1 atom stereocenters. The molecule has 1 unspecified atom stereocenters. The fourth-order valence-electron chi connectivity index (χ4n) is 4.40. The van der Waals surface area contributed by atoms with E-state index in [0.717, 1.165) is 50.3 Å². The van der Waals surface area contributed by atoms with Crippen LogP contribution in [0.2, 0.25) is 10.0 Å². The molecule has 0 bridgehead atoms. The number of amides is 1. The Morgan fingerprint density at radius 1 is 0.974 bits per heavy atom. The van der Waals surface area contributed by atoms with Crippen LogP contribution in [0.1, 0.15) is 40.9 Å². The molecule has 3 aromatic carbocycles. The molecular weight excluding hydrogens is 537 g/mol. The SMILES string of the molecule is CCCNC(=O)c1ccc(C(C)n2nc(-c3cc(Cl)cc(Cl)c3)cc2-c2ccc3cc(OC)ccc3c2)s1. The zero-order valence-electron chi connectivity index (χ0n) is 21.3. The van der Waals surface area contributed by atoms with Crippen molar-refractivity contribution in [2.75, 3.05) is 13.7 Å². The monoisotopic (exact) mass is 563 g/mol. The highest BCUT2D eigenvalue weighted by Crippen LogP contribution is 2.36. The molecule has 5 rings (SSSR count). The van der Waals surface area contributed by atoms with Crippen molar-refractivity contribution in [1.29, 1.82) is 0 Å². The van der Waals surface area contributed by atoms with Gasteiger partial charge in [-0.3, -0.25) is 9.48 Å². The molecule has 0 aliphatic heterocycles. The summed E-state index contributed by atoms with van der Waals surface area (Å²) in [7, 11) is 1.67. The van der Waals surface area contributed by atoms with Crippen molar-refractivity contribution in [3.8, 4) is 28.3 Å². The molecule has 0 aliphatic carbocycles. The summed E-state index contributed by atoms with van der Waals surface area (Å²) >= 11 is 14.1. The molecule has 0 spiro atoms. The maximum Gasteiger partial charge on any atom is 0.261 e. The Kier molecular flexibility index (Phi) is 7.75. The second-order valence-corrected chi connectivity index (χ2v) is 11.1. The summed E-state index contributed by atoms with van der Waals surface area (Å²) in [5.41, 5.74) is 3.58. The van der Waals surface area contributed by atoms with Crippen molar-refractivity contribution >= 4 is 51.2 Å². The van der Waals surface area contributed by atoms with Gasteiger partial charge in [-0.25, -0.2) is 0 Å². The number of carbonyl (C=O) groups excluding carboxylic acids is 1. The normalized spacial score (nSPS) is 12.0. The minimum Gasteiger partial charge on any atom is -0.497 e. The molecule has 0 saturated carbocycles. The first kappa shape index (κ1) is 26.3. The number of methoxy groups -OCH3 is 1. The Morgan fingerprint density at radius 2 is 1.71 bits per heavy atom. The largest absolute Gasteiger partial charge is 0.497 e. The van der Waals surface area contributed by atoms with Crippen LogP contribution in [-0.4, -0.2) is 29.3 Å². The molecule has 0 fully saturated rings. The maximum absolute atomic E-state index is 12.5. The number of hydrogen-bond acceptors (Lipinski definition) is 4. The van der Waals surface area contributed by atoms with E-state index in [9.17, 15) is 4.79 Å². The summed E-state index contributed by atoms with van der Waals surface area (Å²) in [4.78, 5) is 14.3. The van der Waals surface area contributed by atoms with Crippen LogP contribution in [-0.2, 0) is 0 Å². The van der Waals surface area contributed by atoms with Gasteiger partial charge in [-0.2, -0.15) is 5.10 Å². The molecule has 0 aliphatic rings. The van der Waals surface area contributed by atoms with E-state index < -0.39 is 0 Å². The van der Waals surface area contributed by atoms with Crippen LogP contribution < -0.4 is 10.1 Å². The summed E-state index contributed by atoms with van der Waals surface area (Å²) in [6.07, 6.45) is 0.895. The van der Waals surface area contributed by atoms with E-state index in [1.165, 1.54) is 11.3 Å². The van der Waals surface area contributed by atoms with Crippen molar-refractivity contribution < 1.29 is 9.53 Å². The molecule has 2 heterocycles. The average molecular weight is 565 g/mol. The van der Waals surface area contributed by atoms with Crippen molar-refractivity contribution in [2.24, 2.45) is 0 Å². The molecule has 1 N–H and O–H groups in total. The van der Waals surface area contributed by atoms with Crippen molar-refractivity contribution in [1.82, 2.24) is 15.1 Å². The topological polar surface area (TPSA) is 56.2 Å². The molecule has 38 heavy (non-hydrogen) atoms. The average Bonchev–Trinajstić information content (AvgIpc) is 3.59. The Labute approximate surface area is 236 Å². The van der Waals surface area contributed by atoms with Gasteiger partial charge in [-0.05, 0) is 78.7 Å². The minimum absolute atomic E-state index is 0.0461. The number of ether oxygens (including phenoxy) is 1. The number of benzene rings is 3. The lowest BCUT2D eigenvalue weighted by atomic mass is 10.0. The Balaban J connectivity index is 1.60. The quantitative estimate of drug-likeness (QED) is 0.206. The maximum atomic E-state index is 12.5. The number of nitrogens with one attached hydrogen (secondary N) is 1. The van der Waals surface area contributed by atoms with Gasteiger partial charge in [-0.1, -0.05) is 48.3 Å². The summed E-state index contributed by atoms with van der Waals surface area (Å²) in [6.45, 7) is 4.79. The van der Waals surface area contributed by atoms with Crippen LogP contribution in [0.25, 0.3) is 33.3 Å². The third-order valence-electron chi connectivity index (χ3n) is 6.40. The van der Waals surface area contributed by atoms with Gasteiger partial charge >= 0.3 is 0 Å². The van der Waals surface area contributed by atoms with Crippen molar-refractivity contribution in [3.63, 3.8) is 0 Å². The van der Waals surface area contributed by atoms with Gasteiger partial charge in [-0.15, -0.1) is 11.3 Å². The van der Waals surface area contributed by atoms with E-state index in [1.54, 1.807) is 13.2 Å². The van der Waals surface area contributed by atoms with E-state index in [4.69, 9.17) is 33.0 Å². The summed E-state index contributed by atoms with van der Waals surface area (Å²) in [5.74, 6) is 0.774. The number of carbonyl (C=O) groups is 1. The highest BCUT2D eigenvalue weighted by atomic mass is 35.5. The smallest absolute Gasteiger partial charge is 0.261 e. The lowest BCUT2D eigenvalue weighted by molar-refractivity contribution is 0.0957. The number of fused-ring (bicyclic) bond motifs is 1. The number of nitrogens with zero attached hydrogens (tertiary/aromatic N) is 2. The summed E-state index contributed by atoms with van der Waals surface area (Å²) in [6, 6.07) is 23.6. The molecule has 194 valence electrons. The molecular formula is C30H27Cl2N3O2S. The van der Waals surface area contributed by atoms with Gasteiger partial charge < -0.3 is 10.1 Å². The van der Waals surface area contributed by atoms with E-state index >= 15 is 0 Å². The fraction of sp³-hybridized carbons (Fsp3) is 0.200. The molecule has 1 amide bonds. The fourth-order valence-corrected chi connectivity index (χ4v) is 5.89. The van der Waals surface area contributed by atoms with Gasteiger partial charge in [0.2, 0.25) is 0 Å². The van der Waals surface area contributed by atoms with Crippen LogP contribution in [0.3, 0.4) is 0 Å². The van der Waals surface area contributed by atoms with Crippen LogP contribution in [0.5, 0.6) is 5.75 Å².